The van der Waals surface area contributed by atoms with E-state index in [0.29, 0.717) is 13.2 Å². The van der Waals surface area contributed by atoms with Crippen LogP contribution in [0.1, 0.15) is 93.9 Å². The van der Waals surface area contributed by atoms with Crippen molar-refractivity contribution in [1.29, 1.82) is 0 Å². The van der Waals surface area contributed by atoms with E-state index in [1.54, 1.807) is 0 Å². The number of rotatable bonds is 10. The van der Waals surface area contributed by atoms with Crippen LogP contribution in [0.3, 0.4) is 0 Å². The zero-order valence-electron chi connectivity index (χ0n) is 27.5. The fourth-order valence-corrected chi connectivity index (χ4v) is 16.9. The highest BCUT2D eigenvalue weighted by Gasteiger charge is 2.72. The van der Waals surface area contributed by atoms with Crippen molar-refractivity contribution >= 4 is 16.6 Å². The molecule has 0 aromatic carbocycles. The molecule has 0 aromatic rings. The van der Waals surface area contributed by atoms with Crippen LogP contribution in [0.15, 0.2) is 0 Å². The molecule has 0 unspecified atom stereocenters. The molecule has 8 heteroatoms. The maximum Gasteiger partial charge on any atom is 0.192 e. The first-order chi connectivity index (χ1) is 19.5. The van der Waals surface area contributed by atoms with E-state index < -0.39 is 34.6 Å². The largest absolute Gasteiger partial charge is 0.414 e. The maximum atomic E-state index is 12.2. The summed E-state index contributed by atoms with van der Waals surface area (Å²) >= 11 is 0. The molecule has 10 atom stereocenters. The van der Waals surface area contributed by atoms with Crippen molar-refractivity contribution in [3.8, 4) is 0 Å². The van der Waals surface area contributed by atoms with Gasteiger partial charge in [-0.3, -0.25) is 0 Å². The van der Waals surface area contributed by atoms with Crippen LogP contribution in [0, 0.1) is 34.5 Å². The summed E-state index contributed by atoms with van der Waals surface area (Å²) in [7, 11) is -3.70. The van der Waals surface area contributed by atoms with Crippen molar-refractivity contribution in [3.63, 3.8) is 0 Å². The summed E-state index contributed by atoms with van der Waals surface area (Å²) in [5, 5.41) is 24.2. The molecule has 0 aromatic heterocycles. The van der Waals surface area contributed by atoms with Crippen LogP contribution >= 0.6 is 0 Å². The Morgan fingerprint density at radius 2 is 1.29 bits per heavy atom. The first-order valence-electron chi connectivity index (χ1n) is 17.5. The minimum Gasteiger partial charge on any atom is -0.414 e. The molecule has 41 heavy (non-hydrogen) atoms. The van der Waals surface area contributed by atoms with Gasteiger partial charge >= 0.3 is 0 Å². The van der Waals surface area contributed by atoms with Gasteiger partial charge in [-0.1, -0.05) is 55.4 Å². The number of hydrogen-bond acceptors (Lipinski definition) is 6. The molecule has 5 rings (SSSR count). The molecular weight excluding hydrogens is 549 g/mol. The van der Waals surface area contributed by atoms with E-state index in [1.807, 2.05) is 0 Å². The maximum absolute atomic E-state index is 12.2. The number of hydrogen-bond donors (Lipinski definition) is 2. The van der Waals surface area contributed by atoms with Crippen LogP contribution in [0.25, 0.3) is 0 Å². The van der Waals surface area contributed by atoms with Gasteiger partial charge in [-0.2, -0.15) is 0 Å². The molecule has 0 radical (unpaired) electrons. The highest BCUT2D eigenvalue weighted by molar-refractivity contribution is 6.74. The summed E-state index contributed by atoms with van der Waals surface area (Å²) in [4.78, 5) is 0. The molecule has 238 valence electrons. The molecule has 4 aliphatic carbocycles. The molecular formula is C33H62O6Si2. The van der Waals surface area contributed by atoms with E-state index in [2.05, 4.69) is 55.4 Å². The normalized spacial score (nSPS) is 44.0. The average molecular weight is 611 g/mol. The smallest absolute Gasteiger partial charge is 0.192 e. The van der Waals surface area contributed by atoms with Gasteiger partial charge in [0.1, 0.15) is 0 Å². The van der Waals surface area contributed by atoms with E-state index in [-0.39, 0.29) is 46.7 Å². The summed E-state index contributed by atoms with van der Waals surface area (Å²) in [5.41, 5.74) is -0.323. The molecule has 6 nitrogen and oxygen atoms in total. The Morgan fingerprint density at radius 3 is 1.85 bits per heavy atom. The van der Waals surface area contributed by atoms with Crippen LogP contribution in [-0.2, 0) is 18.3 Å². The third-order valence-corrected chi connectivity index (χ3v) is 23.5. The van der Waals surface area contributed by atoms with Crippen molar-refractivity contribution in [1.82, 2.24) is 0 Å². The van der Waals surface area contributed by atoms with Crippen molar-refractivity contribution in [2.45, 2.75) is 160 Å². The first-order valence-corrected chi connectivity index (χ1v) is 22.5. The third kappa shape index (κ3) is 4.92. The summed E-state index contributed by atoms with van der Waals surface area (Å²) in [6.45, 7) is 20.0. The molecule has 0 amide bonds. The Labute approximate surface area is 252 Å². The van der Waals surface area contributed by atoms with Gasteiger partial charge in [0.2, 0.25) is 0 Å². The van der Waals surface area contributed by atoms with Crippen molar-refractivity contribution in [2.75, 3.05) is 13.2 Å². The number of aliphatic hydroxyl groups is 2. The summed E-state index contributed by atoms with van der Waals surface area (Å²) in [5.74, 6) is -0.0824. The SMILES string of the molecule is CC[Si](CC)(CC)O[C@H]1CC[C@]2(C)[C@@H]3[C@@H]([C@@H](O)[C@H](O)[C@H]2C1)[C@@H]1CCC2(OCCO2)[C@@]1(C)C[C@@H]3O[Si](CC)(CC)CC. The Balaban J connectivity index is 1.53. The zero-order valence-corrected chi connectivity index (χ0v) is 29.5. The highest BCUT2D eigenvalue weighted by Crippen LogP contribution is 2.70. The summed E-state index contributed by atoms with van der Waals surface area (Å²) in [6, 6.07) is 6.79. The molecule has 1 aliphatic heterocycles. The minimum absolute atomic E-state index is 0.00713. The van der Waals surface area contributed by atoms with Gasteiger partial charge in [0.15, 0.2) is 22.4 Å². The second-order valence-electron chi connectivity index (χ2n) is 15.1. The molecule has 1 spiro atoms. The van der Waals surface area contributed by atoms with E-state index in [9.17, 15) is 10.2 Å². The Bertz CT molecular complexity index is 888. The Morgan fingerprint density at radius 1 is 0.732 bits per heavy atom. The van der Waals surface area contributed by atoms with Crippen LogP contribution in [-0.4, -0.2) is 70.3 Å². The lowest BCUT2D eigenvalue weighted by atomic mass is 9.42. The average Bonchev–Trinajstić information content (AvgIpc) is 3.58. The second-order valence-corrected chi connectivity index (χ2v) is 24.5. The molecule has 1 saturated heterocycles. The van der Waals surface area contributed by atoms with Gasteiger partial charge in [-0.15, -0.1) is 0 Å². The third-order valence-electron chi connectivity index (χ3n) is 14.1. The molecule has 2 N–H and O–H groups in total. The van der Waals surface area contributed by atoms with Crippen LogP contribution < -0.4 is 0 Å². The van der Waals surface area contributed by atoms with Gasteiger partial charge in [-0.25, -0.2) is 0 Å². The molecule has 4 saturated carbocycles. The van der Waals surface area contributed by atoms with Crippen LogP contribution in [0.4, 0.5) is 0 Å². The van der Waals surface area contributed by atoms with Crippen molar-refractivity contribution in [3.05, 3.63) is 0 Å². The summed E-state index contributed by atoms with van der Waals surface area (Å²) < 4.78 is 27.5. The van der Waals surface area contributed by atoms with Gasteiger partial charge in [0.25, 0.3) is 0 Å². The van der Waals surface area contributed by atoms with Crippen LogP contribution in [0.5, 0.6) is 0 Å². The van der Waals surface area contributed by atoms with E-state index in [0.717, 1.165) is 74.8 Å². The van der Waals surface area contributed by atoms with Gasteiger partial charge < -0.3 is 28.5 Å². The molecule has 0 bridgehead atoms. The number of ether oxygens (including phenoxy) is 2. The highest BCUT2D eigenvalue weighted by atomic mass is 28.4. The first kappa shape index (κ1) is 32.6. The van der Waals surface area contributed by atoms with E-state index >= 15 is 0 Å². The molecule has 5 aliphatic rings. The predicted molar refractivity (Wildman–Crippen MR) is 169 cm³/mol. The molecule has 1 heterocycles. The quantitative estimate of drug-likeness (QED) is 0.257. The number of fused-ring (bicyclic) bond motifs is 6. The van der Waals surface area contributed by atoms with E-state index in [4.69, 9.17) is 18.3 Å². The second kappa shape index (κ2) is 11.8. The van der Waals surface area contributed by atoms with E-state index in [1.165, 1.54) is 0 Å². The fourth-order valence-electron chi connectivity index (χ4n) is 11.1. The lowest BCUT2D eigenvalue weighted by molar-refractivity contribution is -0.287. The Hall–Kier alpha value is 0.194. The topological polar surface area (TPSA) is 77.4 Å². The van der Waals surface area contributed by atoms with Gasteiger partial charge in [0.05, 0.1) is 25.4 Å². The predicted octanol–water partition coefficient (Wildman–Crippen LogP) is 7.10. The van der Waals surface area contributed by atoms with Gasteiger partial charge in [-0.05, 0) is 97.5 Å². The lowest BCUT2D eigenvalue weighted by Gasteiger charge is -2.66. The Kier molecular flexibility index (Phi) is 9.41. The standard InChI is InChI=1S/C33H62O6Si2/c1-9-40(10-2,11-3)38-23-15-17-31(7)25(21-23)29(34)30(35)27-24-16-18-33(36-19-20-37-33)32(24,8)22-26(28(27)31)39-41(12-4,13-5)14-6/h23-30,34-35H,9-22H2,1-8H3/t23-,24-,25+,26-,27-,28-,29+,30+,31-,32-/m0/s1. The van der Waals surface area contributed by atoms with Crippen LogP contribution in [0.2, 0.25) is 36.3 Å². The minimum atomic E-state index is -1.94. The molecule has 5 fully saturated rings. The van der Waals surface area contributed by atoms with Crippen molar-refractivity contribution < 1.29 is 28.5 Å². The fraction of sp³-hybridized carbons (Fsp3) is 1.00. The zero-order chi connectivity index (χ0) is 29.8. The lowest BCUT2D eigenvalue weighted by Crippen LogP contribution is -2.70. The van der Waals surface area contributed by atoms with Gasteiger partial charge in [0, 0.05) is 24.0 Å². The summed E-state index contributed by atoms with van der Waals surface area (Å²) in [6.07, 6.45) is 4.49. The monoisotopic (exact) mass is 610 g/mol. The van der Waals surface area contributed by atoms with Crippen molar-refractivity contribution in [2.24, 2.45) is 34.5 Å². The number of aliphatic hydroxyl groups excluding tert-OH is 2.